The van der Waals surface area contributed by atoms with Gasteiger partial charge in [0.15, 0.2) is 0 Å². The molecule has 0 N–H and O–H groups in total. The Bertz CT molecular complexity index is 498. The lowest BCUT2D eigenvalue weighted by molar-refractivity contribution is 0.00578. The lowest BCUT2D eigenvalue weighted by atomic mass is 9.90. The molecular weight excluding hydrogens is 246 g/mol. The Morgan fingerprint density at radius 1 is 1.11 bits per heavy atom. The molecule has 0 aromatic heterocycles. The lowest BCUT2D eigenvalue weighted by Crippen LogP contribution is -2.41. The highest BCUT2D eigenvalue weighted by molar-refractivity contribution is 6.55. The van der Waals surface area contributed by atoms with Crippen molar-refractivity contribution in [2.24, 2.45) is 0 Å². The van der Waals surface area contributed by atoms with Gasteiger partial charge in [0.05, 0.1) is 11.2 Å². The van der Waals surface area contributed by atoms with Crippen LogP contribution in [0.5, 0.6) is 0 Å². The van der Waals surface area contributed by atoms with Crippen LogP contribution >= 0.6 is 11.6 Å². The minimum Gasteiger partial charge on any atom is -0.392 e. The van der Waals surface area contributed by atoms with Crippen LogP contribution in [0.3, 0.4) is 0 Å². The summed E-state index contributed by atoms with van der Waals surface area (Å²) in [6.45, 7) is 8.03. The lowest BCUT2D eigenvalue weighted by Gasteiger charge is -2.32. The van der Waals surface area contributed by atoms with E-state index in [0.717, 1.165) is 5.56 Å². The van der Waals surface area contributed by atoms with E-state index >= 15 is 0 Å². The summed E-state index contributed by atoms with van der Waals surface area (Å²) in [7, 11) is -0.492. The van der Waals surface area contributed by atoms with Gasteiger partial charge in [0.25, 0.3) is 0 Å². The van der Waals surface area contributed by atoms with Crippen molar-refractivity contribution in [1.29, 1.82) is 0 Å². The molecule has 1 aliphatic heterocycles. The zero-order valence-corrected chi connectivity index (χ0v) is 11.8. The van der Waals surface area contributed by atoms with Crippen LogP contribution in [0.1, 0.15) is 33.3 Å². The zero-order valence-electron chi connectivity index (χ0n) is 11.1. The minimum absolute atomic E-state index is 0.347. The molecule has 2 nitrogen and oxygen atoms in total. The third kappa shape index (κ3) is 2.72. The molecule has 4 heteroatoms. The molecule has 0 bridgehead atoms. The summed E-state index contributed by atoms with van der Waals surface area (Å²) < 4.78 is 11.6. The molecule has 0 spiro atoms. The minimum atomic E-state index is -0.492. The molecule has 1 heterocycles. The molecule has 1 aliphatic rings. The molecule has 1 fully saturated rings. The van der Waals surface area contributed by atoms with Gasteiger partial charge in [0, 0.05) is 10.6 Å². The molecule has 0 radical (unpaired) electrons. The highest BCUT2D eigenvalue weighted by atomic mass is 35.5. The third-order valence-electron chi connectivity index (χ3n) is 3.41. The van der Waals surface area contributed by atoms with Crippen LogP contribution in [-0.4, -0.2) is 18.3 Å². The van der Waals surface area contributed by atoms with E-state index in [-0.39, 0.29) is 11.2 Å². The number of halogens is 1. The van der Waals surface area contributed by atoms with E-state index in [1.54, 1.807) is 0 Å². The first-order chi connectivity index (χ1) is 8.30. The van der Waals surface area contributed by atoms with Crippen LogP contribution in [-0.2, 0) is 9.31 Å². The summed E-state index contributed by atoms with van der Waals surface area (Å²) in [4.78, 5) is 0. The standard InChI is InChI=1S/C14H16BClO2/c1-13(2)14(3,4)18-15(17-13)9-8-11-6-5-7-12(16)10-11/h5-7,10H,1-4H3. The molecule has 0 amide bonds. The van der Waals surface area contributed by atoms with Crippen LogP contribution in [0.2, 0.25) is 5.02 Å². The Morgan fingerprint density at radius 3 is 2.28 bits per heavy atom. The molecule has 1 aromatic carbocycles. The maximum atomic E-state index is 5.90. The Hall–Kier alpha value is -0.945. The first-order valence-corrected chi connectivity index (χ1v) is 6.31. The monoisotopic (exact) mass is 262 g/mol. The van der Waals surface area contributed by atoms with Gasteiger partial charge < -0.3 is 9.31 Å². The predicted molar refractivity (Wildman–Crippen MR) is 74.4 cm³/mol. The Labute approximate surface area is 114 Å². The second-order valence-electron chi connectivity index (χ2n) is 5.37. The number of rotatable bonds is 0. The van der Waals surface area contributed by atoms with Gasteiger partial charge in [0.1, 0.15) is 0 Å². The van der Waals surface area contributed by atoms with Gasteiger partial charge in [-0.2, -0.15) is 0 Å². The Balaban J connectivity index is 2.14. The topological polar surface area (TPSA) is 18.5 Å². The SMILES string of the molecule is CC1(C)OB(C#Cc2cccc(Cl)c2)OC1(C)C. The van der Waals surface area contributed by atoms with Crippen LogP contribution in [0.4, 0.5) is 0 Å². The van der Waals surface area contributed by atoms with E-state index in [2.05, 4.69) is 11.7 Å². The number of hydrogen-bond donors (Lipinski definition) is 0. The highest BCUT2D eigenvalue weighted by Gasteiger charge is 2.50. The van der Waals surface area contributed by atoms with Crippen molar-refractivity contribution in [1.82, 2.24) is 0 Å². The molecule has 1 saturated heterocycles. The van der Waals surface area contributed by atoms with Gasteiger partial charge in [0.2, 0.25) is 0 Å². The van der Waals surface area contributed by atoms with Gasteiger partial charge in [-0.25, -0.2) is 0 Å². The molecule has 0 aliphatic carbocycles. The maximum Gasteiger partial charge on any atom is 0.551 e. The van der Waals surface area contributed by atoms with Gasteiger partial charge in [-0.3, -0.25) is 0 Å². The van der Waals surface area contributed by atoms with Gasteiger partial charge in [-0.1, -0.05) is 29.4 Å². The summed E-state index contributed by atoms with van der Waals surface area (Å²) in [6, 6.07) is 7.42. The van der Waals surface area contributed by atoms with E-state index in [0.29, 0.717) is 5.02 Å². The molecule has 0 unspecified atom stereocenters. The van der Waals surface area contributed by atoms with Crippen LogP contribution in [0, 0.1) is 11.7 Å². The summed E-state index contributed by atoms with van der Waals surface area (Å²) in [6.07, 6.45) is 0. The van der Waals surface area contributed by atoms with Gasteiger partial charge >= 0.3 is 7.12 Å². The highest BCUT2D eigenvalue weighted by Crippen LogP contribution is 2.36. The van der Waals surface area contributed by atoms with E-state index in [4.69, 9.17) is 20.9 Å². The predicted octanol–water partition coefficient (Wildman–Crippen LogP) is 3.32. The Morgan fingerprint density at radius 2 is 1.72 bits per heavy atom. The quantitative estimate of drug-likeness (QED) is 0.527. The van der Waals surface area contributed by atoms with E-state index < -0.39 is 7.12 Å². The largest absolute Gasteiger partial charge is 0.551 e. The van der Waals surface area contributed by atoms with Crippen LogP contribution in [0.15, 0.2) is 24.3 Å². The zero-order chi connectivity index (χ0) is 13.4. The second kappa shape index (κ2) is 4.62. The summed E-state index contributed by atoms with van der Waals surface area (Å²) in [5.74, 6) is 6.00. The summed E-state index contributed by atoms with van der Waals surface area (Å²) in [5, 5.41) is 0.677. The fourth-order valence-electron chi connectivity index (χ4n) is 1.61. The summed E-state index contributed by atoms with van der Waals surface area (Å²) >= 11 is 5.90. The van der Waals surface area contributed by atoms with Crippen molar-refractivity contribution in [3.8, 4) is 11.7 Å². The van der Waals surface area contributed by atoms with E-state index in [1.165, 1.54) is 0 Å². The van der Waals surface area contributed by atoms with Gasteiger partial charge in [-0.05, 0) is 45.9 Å². The van der Waals surface area contributed by atoms with Crippen molar-refractivity contribution in [3.05, 3.63) is 34.9 Å². The second-order valence-corrected chi connectivity index (χ2v) is 5.80. The molecule has 0 saturated carbocycles. The average molecular weight is 263 g/mol. The maximum absolute atomic E-state index is 5.90. The first kappa shape index (κ1) is 13.5. The van der Waals surface area contributed by atoms with Crippen molar-refractivity contribution < 1.29 is 9.31 Å². The summed E-state index contributed by atoms with van der Waals surface area (Å²) in [5.41, 5.74) is 0.165. The van der Waals surface area contributed by atoms with E-state index in [1.807, 2.05) is 52.0 Å². The molecule has 0 atom stereocenters. The molecular formula is C14H16BClO2. The molecule has 94 valence electrons. The molecule has 1 aromatic rings. The Kier molecular flexibility index (Phi) is 3.46. The fraction of sp³-hybridized carbons (Fsp3) is 0.429. The van der Waals surface area contributed by atoms with Crippen molar-refractivity contribution >= 4 is 18.7 Å². The van der Waals surface area contributed by atoms with Crippen LogP contribution < -0.4 is 0 Å². The number of hydrogen-bond acceptors (Lipinski definition) is 2. The number of benzene rings is 1. The fourth-order valence-corrected chi connectivity index (χ4v) is 1.80. The third-order valence-corrected chi connectivity index (χ3v) is 3.65. The molecule has 2 rings (SSSR count). The normalized spacial score (nSPS) is 20.4. The van der Waals surface area contributed by atoms with Crippen LogP contribution in [0.25, 0.3) is 0 Å². The van der Waals surface area contributed by atoms with Crippen molar-refractivity contribution in [3.63, 3.8) is 0 Å². The first-order valence-electron chi connectivity index (χ1n) is 5.93. The average Bonchev–Trinajstić information content (AvgIpc) is 2.45. The van der Waals surface area contributed by atoms with Crippen molar-refractivity contribution in [2.45, 2.75) is 38.9 Å². The molecule has 18 heavy (non-hydrogen) atoms. The smallest absolute Gasteiger partial charge is 0.392 e. The van der Waals surface area contributed by atoms with E-state index in [9.17, 15) is 0 Å². The van der Waals surface area contributed by atoms with Crippen molar-refractivity contribution in [2.75, 3.05) is 0 Å². The van der Waals surface area contributed by atoms with Gasteiger partial charge in [-0.15, -0.1) is 0 Å².